The Balaban J connectivity index is 1.34. The molecule has 0 saturated carbocycles. The first-order valence-corrected chi connectivity index (χ1v) is 13.2. The van der Waals surface area contributed by atoms with Crippen LogP contribution in [0.4, 0.5) is 0 Å². The molecule has 1 atom stereocenters. The van der Waals surface area contributed by atoms with Gasteiger partial charge in [0, 0.05) is 37.3 Å². The van der Waals surface area contributed by atoms with E-state index < -0.39 is 5.54 Å². The van der Waals surface area contributed by atoms with Crippen molar-refractivity contribution in [2.45, 2.75) is 31.8 Å². The zero-order valence-electron chi connectivity index (χ0n) is 21.9. The van der Waals surface area contributed by atoms with Crippen LogP contribution in [0.15, 0.2) is 84.8 Å². The number of hydrogen-bond acceptors (Lipinski definition) is 6. The van der Waals surface area contributed by atoms with Crippen LogP contribution in [0.3, 0.4) is 0 Å². The Morgan fingerprint density at radius 1 is 0.816 bits per heavy atom. The van der Waals surface area contributed by atoms with Gasteiger partial charge in [0.2, 0.25) is 6.79 Å². The van der Waals surface area contributed by atoms with E-state index in [-0.39, 0.29) is 24.4 Å². The molecule has 6 nitrogen and oxygen atoms in total. The average molecular weight is 509 g/mol. The van der Waals surface area contributed by atoms with Gasteiger partial charge in [-0.25, -0.2) is 0 Å². The van der Waals surface area contributed by atoms with Crippen LogP contribution in [0.2, 0.25) is 0 Å². The minimum absolute atomic E-state index is 0.0198. The van der Waals surface area contributed by atoms with Crippen molar-refractivity contribution in [1.29, 1.82) is 0 Å². The maximum absolute atomic E-state index is 14.2. The Kier molecular flexibility index (Phi) is 6.38. The first-order chi connectivity index (χ1) is 18.5. The molecular weight excluding hydrogens is 476 g/mol. The van der Waals surface area contributed by atoms with Crippen LogP contribution in [0.25, 0.3) is 0 Å². The van der Waals surface area contributed by atoms with Crippen LogP contribution < -0.4 is 0 Å². The minimum Gasteiger partial charge on any atom is -0.462 e. The Morgan fingerprint density at radius 3 is 2.00 bits per heavy atom. The molecule has 3 aromatic rings. The maximum Gasteiger partial charge on any atom is 0.229 e. The SMILES string of the molecule is Cc1cc(C)cc(C2(N3CCN(C(Cc4ccccc4)C4=COCO4)CC3)C(=O)c3ccccc3C2=O)c1. The first kappa shape index (κ1) is 24.6. The van der Waals surface area contributed by atoms with Crippen molar-refractivity contribution < 1.29 is 19.1 Å². The van der Waals surface area contributed by atoms with Crippen molar-refractivity contribution >= 4 is 11.6 Å². The molecule has 0 aromatic heterocycles. The molecule has 6 heteroatoms. The summed E-state index contributed by atoms with van der Waals surface area (Å²) in [5.74, 6) is 0.590. The summed E-state index contributed by atoms with van der Waals surface area (Å²) in [6.45, 7) is 6.83. The van der Waals surface area contributed by atoms with Crippen LogP contribution in [-0.4, -0.2) is 60.4 Å². The molecule has 38 heavy (non-hydrogen) atoms. The zero-order chi connectivity index (χ0) is 26.3. The Morgan fingerprint density at radius 2 is 1.42 bits per heavy atom. The number of rotatable bonds is 6. The van der Waals surface area contributed by atoms with E-state index in [1.807, 2.05) is 56.3 Å². The molecular formula is C32H32N2O4. The molecule has 2 aliphatic heterocycles. The van der Waals surface area contributed by atoms with Crippen LogP contribution in [0.1, 0.15) is 43.0 Å². The van der Waals surface area contributed by atoms with Gasteiger partial charge in [-0.1, -0.05) is 83.9 Å². The van der Waals surface area contributed by atoms with E-state index in [1.165, 1.54) is 5.56 Å². The number of benzene rings is 3. The van der Waals surface area contributed by atoms with Crippen molar-refractivity contribution in [2.24, 2.45) is 0 Å². The smallest absolute Gasteiger partial charge is 0.229 e. The summed E-state index contributed by atoms with van der Waals surface area (Å²) in [5.41, 5.74) is 3.77. The first-order valence-electron chi connectivity index (χ1n) is 13.2. The Bertz CT molecular complexity index is 1350. The number of Topliss-reactive ketones (excluding diaryl/α,β-unsaturated/α-hetero) is 2. The molecule has 3 aromatic carbocycles. The molecule has 1 unspecified atom stereocenters. The Labute approximate surface area is 223 Å². The molecule has 0 N–H and O–H groups in total. The predicted octanol–water partition coefficient (Wildman–Crippen LogP) is 4.65. The van der Waals surface area contributed by atoms with E-state index in [1.54, 1.807) is 18.4 Å². The summed E-state index contributed by atoms with van der Waals surface area (Å²) in [5, 5.41) is 0. The highest BCUT2D eigenvalue weighted by Crippen LogP contribution is 2.43. The molecule has 1 saturated heterocycles. The van der Waals surface area contributed by atoms with Gasteiger partial charge in [-0.15, -0.1) is 0 Å². The van der Waals surface area contributed by atoms with E-state index in [0.717, 1.165) is 28.9 Å². The number of carbonyl (C=O) groups excluding carboxylic acids is 2. The number of carbonyl (C=O) groups is 2. The number of ether oxygens (including phenoxy) is 2. The normalized spacial score (nSPS) is 20.0. The van der Waals surface area contributed by atoms with E-state index in [0.29, 0.717) is 37.3 Å². The third-order valence-corrected chi connectivity index (χ3v) is 8.04. The highest BCUT2D eigenvalue weighted by Gasteiger charge is 2.58. The monoisotopic (exact) mass is 508 g/mol. The molecule has 0 amide bonds. The second kappa shape index (κ2) is 9.86. The van der Waals surface area contributed by atoms with Gasteiger partial charge >= 0.3 is 0 Å². The van der Waals surface area contributed by atoms with E-state index in [2.05, 4.69) is 28.0 Å². The molecule has 1 fully saturated rings. The van der Waals surface area contributed by atoms with Crippen molar-refractivity contribution in [2.75, 3.05) is 33.0 Å². The van der Waals surface area contributed by atoms with E-state index in [9.17, 15) is 9.59 Å². The summed E-state index contributed by atoms with van der Waals surface area (Å²) in [6.07, 6.45) is 2.51. The fraction of sp³-hybridized carbons (Fsp3) is 0.312. The predicted molar refractivity (Wildman–Crippen MR) is 145 cm³/mol. The van der Waals surface area contributed by atoms with Crippen molar-refractivity contribution in [3.8, 4) is 0 Å². The van der Waals surface area contributed by atoms with Crippen LogP contribution >= 0.6 is 0 Å². The lowest BCUT2D eigenvalue weighted by Crippen LogP contribution is -2.61. The van der Waals surface area contributed by atoms with Crippen LogP contribution in [-0.2, 0) is 21.4 Å². The van der Waals surface area contributed by atoms with Gasteiger partial charge in [-0.05, 0) is 31.4 Å². The van der Waals surface area contributed by atoms with Crippen LogP contribution in [0, 0.1) is 13.8 Å². The quantitative estimate of drug-likeness (QED) is 0.452. The summed E-state index contributed by atoms with van der Waals surface area (Å²) in [6, 6.07) is 23.7. The highest BCUT2D eigenvalue weighted by molar-refractivity contribution is 6.32. The summed E-state index contributed by atoms with van der Waals surface area (Å²) >= 11 is 0. The van der Waals surface area contributed by atoms with Crippen LogP contribution in [0.5, 0.6) is 0 Å². The van der Waals surface area contributed by atoms with Gasteiger partial charge in [-0.3, -0.25) is 19.4 Å². The highest BCUT2D eigenvalue weighted by atomic mass is 16.7. The topological polar surface area (TPSA) is 59.1 Å². The molecule has 2 heterocycles. The summed E-state index contributed by atoms with van der Waals surface area (Å²) < 4.78 is 11.3. The third-order valence-electron chi connectivity index (χ3n) is 8.04. The number of nitrogens with zero attached hydrogens (tertiary/aromatic N) is 2. The Hall–Kier alpha value is -3.74. The number of piperazine rings is 1. The average Bonchev–Trinajstić information content (AvgIpc) is 3.54. The molecule has 194 valence electrons. The molecule has 0 spiro atoms. The fourth-order valence-corrected chi connectivity index (χ4v) is 6.33. The second-order valence-corrected chi connectivity index (χ2v) is 10.5. The van der Waals surface area contributed by atoms with E-state index in [4.69, 9.17) is 9.47 Å². The largest absolute Gasteiger partial charge is 0.462 e. The number of ketones is 2. The number of hydrogen-bond donors (Lipinski definition) is 0. The number of aryl methyl sites for hydroxylation is 2. The summed E-state index contributed by atoms with van der Waals surface area (Å²) in [4.78, 5) is 32.9. The lowest BCUT2D eigenvalue weighted by atomic mass is 9.81. The van der Waals surface area contributed by atoms with Gasteiger partial charge in [0.05, 0.1) is 6.04 Å². The third kappa shape index (κ3) is 4.05. The molecule has 6 rings (SSSR count). The second-order valence-electron chi connectivity index (χ2n) is 10.5. The number of fused-ring (bicyclic) bond motifs is 1. The molecule has 3 aliphatic rings. The van der Waals surface area contributed by atoms with Gasteiger partial charge < -0.3 is 9.47 Å². The molecule has 0 bridgehead atoms. The fourth-order valence-electron chi connectivity index (χ4n) is 6.33. The van der Waals surface area contributed by atoms with Gasteiger partial charge in [0.15, 0.2) is 22.9 Å². The zero-order valence-corrected chi connectivity index (χ0v) is 21.9. The van der Waals surface area contributed by atoms with Gasteiger partial charge in [0.1, 0.15) is 6.26 Å². The van der Waals surface area contributed by atoms with Crippen molar-refractivity contribution in [1.82, 2.24) is 9.80 Å². The van der Waals surface area contributed by atoms with Crippen molar-refractivity contribution in [3.05, 3.63) is 118 Å². The van der Waals surface area contributed by atoms with Gasteiger partial charge in [0.25, 0.3) is 0 Å². The molecule has 1 aliphatic carbocycles. The van der Waals surface area contributed by atoms with Crippen molar-refractivity contribution in [3.63, 3.8) is 0 Å². The lowest BCUT2D eigenvalue weighted by molar-refractivity contribution is 0.0137. The summed E-state index contributed by atoms with van der Waals surface area (Å²) in [7, 11) is 0. The minimum atomic E-state index is -1.34. The van der Waals surface area contributed by atoms with Gasteiger partial charge in [-0.2, -0.15) is 0 Å². The standard InChI is InChI=1S/C32H32N2O4/c1-22-16-23(2)18-25(17-22)32(30(35)26-10-6-7-11-27(26)31(32)36)34-14-12-33(13-15-34)28(29-20-37-21-38-29)19-24-8-4-3-5-9-24/h3-11,16-18,20,28H,12-15,19,21H2,1-2H3. The van der Waals surface area contributed by atoms with E-state index >= 15 is 0 Å². The molecule has 0 radical (unpaired) electrons. The lowest BCUT2D eigenvalue weighted by Gasteiger charge is -2.46. The maximum atomic E-state index is 14.2.